The predicted molar refractivity (Wildman–Crippen MR) is 145 cm³/mol. The number of hydrogen-bond acceptors (Lipinski definition) is 16. The number of phenolic OH excluding ortho intramolecular Hbond substituents is 1. The normalized spacial score (nSPS) is 32.4. The van der Waals surface area contributed by atoms with Crippen molar-refractivity contribution in [3.63, 3.8) is 0 Å². The maximum absolute atomic E-state index is 13.0. The first kappa shape index (κ1) is 31.9. The van der Waals surface area contributed by atoms with E-state index in [1.54, 1.807) is 0 Å². The standard InChI is InChI=1S/C28H32O16/c1-39-16-4-10(2-3-14(16)42-28-26(38)24(36)22(34)19(9-30)44-28)15-7-13(32)20-12(31)5-11(6-17(20)41-15)40-27-25(37)23(35)21(33)18(8-29)43-27/h2-7,18-19,21-31,33-38H,8-9H2,1H3/t18?,19?,21-,22-,23+,24?,25?,26?,27-,28-/m1/s1. The van der Waals surface area contributed by atoms with Gasteiger partial charge in [0.1, 0.15) is 77.1 Å². The Morgan fingerprint density at radius 1 is 0.727 bits per heavy atom. The van der Waals surface area contributed by atoms with Crippen molar-refractivity contribution in [1.82, 2.24) is 0 Å². The predicted octanol–water partition coefficient (Wildman–Crippen LogP) is -2.47. The number of ether oxygens (including phenoxy) is 5. The zero-order valence-corrected chi connectivity index (χ0v) is 23.0. The highest BCUT2D eigenvalue weighted by molar-refractivity contribution is 5.86. The summed E-state index contributed by atoms with van der Waals surface area (Å²) in [5.74, 6) is -0.519. The molecule has 10 atom stereocenters. The Bertz CT molecular complexity index is 1520. The van der Waals surface area contributed by atoms with Crippen molar-refractivity contribution in [2.75, 3.05) is 20.3 Å². The van der Waals surface area contributed by atoms with Crippen molar-refractivity contribution in [2.45, 2.75) is 61.4 Å². The molecule has 2 fully saturated rings. The van der Waals surface area contributed by atoms with Crippen LogP contribution in [0.15, 0.2) is 45.6 Å². The second kappa shape index (κ2) is 12.8. The van der Waals surface area contributed by atoms with Gasteiger partial charge < -0.3 is 74.1 Å². The molecule has 1 aromatic heterocycles. The van der Waals surface area contributed by atoms with Crippen molar-refractivity contribution in [3.8, 4) is 34.3 Å². The maximum atomic E-state index is 13.0. The largest absolute Gasteiger partial charge is 0.507 e. The minimum atomic E-state index is -1.72. The van der Waals surface area contributed by atoms with Crippen LogP contribution in [0.3, 0.4) is 0 Å². The molecule has 9 N–H and O–H groups in total. The van der Waals surface area contributed by atoms with E-state index in [-0.39, 0.29) is 34.0 Å². The quantitative estimate of drug-likeness (QED) is 0.126. The third-order valence-electron chi connectivity index (χ3n) is 7.42. The van der Waals surface area contributed by atoms with E-state index >= 15 is 0 Å². The van der Waals surface area contributed by atoms with E-state index in [1.807, 2.05) is 0 Å². The van der Waals surface area contributed by atoms with E-state index in [0.29, 0.717) is 5.56 Å². The molecule has 0 spiro atoms. The van der Waals surface area contributed by atoms with Gasteiger partial charge in [-0.15, -0.1) is 0 Å². The molecule has 0 saturated carbocycles. The number of hydrogen-bond donors (Lipinski definition) is 9. The summed E-state index contributed by atoms with van der Waals surface area (Å²) in [6.07, 6.45) is -15.4. The molecular weight excluding hydrogens is 592 g/mol. The molecule has 2 aliphatic rings. The summed E-state index contributed by atoms with van der Waals surface area (Å²) >= 11 is 0. The fraction of sp³-hybridized carbons (Fsp3) is 0.464. The van der Waals surface area contributed by atoms with Gasteiger partial charge >= 0.3 is 0 Å². The van der Waals surface area contributed by atoms with Crippen molar-refractivity contribution < 1.29 is 74.1 Å². The Morgan fingerprint density at radius 3 is 1.89 bits per heavy atom. The summed E-state index contributed by atoms with van der Waals surface area (Å²) in [5.41, 5.74) is -0.451. The molecule has 0 radical (unpaired) electrons. The Balaban J connectivity index is 1.43. The average molecular weight is 625 g/mol. The Kier molecular flexibility index (Phi) is 9.28. The molecule has 16 heteroatoms. The van der Waals surface area contributed by atoms with E-state index in [1.165, 1.54) is 31.4 Å². The van der Waals surface area contributed by atoms with Gasteiger partial charge in [0, 0.05) is 23.8 Å². The van der Waals surface area contributed by atoms with Gasteiger partial charge in [-0.2, -0.15) is 0 Å². The smallest absolute Gasteiger partial charge is 0.229 e. The molecule has 3 heterocycles. The average Bonchev–Trinajstić information content (AvgIpc) is 3.01. The van der Waals surface area contributed by atoms with Crippen LogP contribution >= 0.6 is 0 Å². The van der Waals surface area contributed by atoms with Crippen LogP contribution in [0, 0.1) is 0 Å². The van der Waals surface area contributed by atoms with Crippen LogP contribution in [0.4, 0.5) is 0 Å². The lowest BCUT2D eigenvalue weighted by atomic mass is 9.99. The lowest BCUT2D eigenvalue weighted by Gasteiger charge is -2.39. The van der Waals surface area contributed by atoms with Gasteiger partial charge in [0.05, 0.1) is 20.3 Å². The van der Waals surface area contributed by atoms with E-state index in [2.05, 4.69) is 0 Å². The fourth-order valence-corrected chi connectivity index (χ4v) is 4.96. The Morgan fingerprint density at radius 2 is 1.32 bits per heavy atom. The van der Waals surface area contributed by atoms with Crippen LogP contribution < -0.4 is 19.6 Å². The molecule has 5 unspecified atom stereocenters. The fourth-order valence-electron chi connectivity index (χ4n) is 4.96. The highest BCUT2D eigenvalue weighted by Gasteiger charge is 2.46. The molecule has 2 aliphatic heterocycles. The number of methoxy groups -OCH3 is 1. The van der Waals surface area contributed by atoms with Crippen LogP contribution in [0.25, 0.3) is 22.3 Å². The van der Waals surface area contributed by atoms with Crippen molar-refractivity contribution in [2.24, 2.45) is 0 Å². The highest BCUT2D eigenvalue weighted by atomic mass is 16.7. The molecule has 0 amide bonds. The Labute approximate surface area is 248 Å². The first-order chi connectivity index (χ1) is 21.0. The van der Waals surface area contributed by atoms with Crippen molar-refractivity contribution in [3.05, 3.63) is 46.6 Å². The number of aliphatic hydroxyl groups excluding tert-OH is 8. The number of rotatable bonds is 8. The molecule has 2 aromatic carbocycles. The van der Waals surface area contributed by atoms with Gasteiger partial charge in [-0.25, -0.2) is 0 Å². The molecule has 240 valence electrons. The second-order valence-corrected chi connectivity index (χ2v) is 10.3. The molecule has 3 aromatic rings. The van der Waals surface area contributed by atoms with Gasteiger partial charge in [0.15, 0.2) is 16.9 Å². The lowest BCUT2D eigenvalue weighted by molar-refractivity contribution is -0.277. The number of aromatic hydroxyl groups is 1. The molecule has 44 heavy (non-hydrogen) atoms. The van der Waals surface area contributed by atoms with Crippen LogP contribution in [-0.2, 0) is 9.47 Å². The Hall–Kier alpha value is -3.55. The maximum Gasteiger partial charge on any atom is 0.229 e. The van der Waals surface area contributed by atoms with Gasteiger partial charge in [0.25, 0.3) is 0 Å². The monoisotopic (exact) mass is 624 g/mol. The van der Waals surface area contributed by atoms with E-state index < -0.39 is 85.8 Å². The third-order valence-corrected chi connectivity index (χ3v) is 7.42. The number of aliphatic hydroxyl groups is 8. The summed E-state index contributed by atoms with van der Waals surface area (Å²) < 4.78 is 33.2. The van der Waals surface area contributed by atoms with Crippen LogP contribution in [-0.4, -0.2) is 128 Å². The summed E-state index contributed by atoms with van der Waals surface area (Å²) in [4.78, 5) is 13.0. The minimum absolute atomic E-state index is 0.0181. The lowest BCUT2D eigenvalue weighted by Crippen LogP contribution is -2.60. The zero-order valence-electron chi connectivity index (χ0n) is 23.0. The summed E-state index contributed by atoms with van der Waals surface area (Å²) in [7, 11) is 1.32. The summed E-state index contributed by atoms with van der Waals surface area (Å²) in [6, 6.07) is 7.71. The number of phenols is 1. The van der Waals surface area contributed by atoms with E-state index in [9.17, 15) is 50.8 Å². The van der Waals surface area contributed by atoms with E-state index in [0.717, 1.165) is 12.1 Å². The van der Waals surface area contributed by atoms with Gasteiger partial charge in [-0.3, -0.25) is 4.79 Å². The molecule has 0 bridgehead atoms. The molecule has 16 nitrogen and oxygen atoms in total. The topological polar surface area (TPSA) is 258 Å². The minimum Gasteiger partial charge on any atom is -0.507 e. The molecular formula is C28H32O16. The first-order valence-electron chi connectivity index (χ1n) is 13.4. The highest BCUT2D eigenvalue weighted by Crippen LogP contribution is 2.37. The van der Waals surface area contributed by atoms with Crippen molar-refractivity contribution >= 4 is 11.0 Å². The SMILES string of the molecule is COc1cc(-c2cc(=O)c3c(O)cc(O[C@@H]4OC(CO)[C@@H](O)[C@H](O)C4O)cc3o2)ccc1O[C@@H]1OC(CO)[C@@H](O)C(O)C1O. The summed E-state index contributed by atoms with van der Waals surface area (Å²) in [5, 5.41) is 89.8. The van der Waals surface area contributed by atoms with Gasteiger partial charge in [0.2, 0.25) is 12.6 Å². The second-order valence-electron chi connectivity index (χ2n) is 10.3. The van der Waals surface area contributed by atoms with Gasteiger partial charge in [-0.05, 0) is 18.2 Å². The molecule has 0 aliphatic carbocycles. The number of fused-ring (bicyclic) bond motifs is 1. The molecule has 2 saturated heterocycles. The summed E-state index contributed by atoms with van der Waals surface area (Å²) in [6.45, 7) is -1.32. The number of benzene rings is 2. The first-order valence-corrected chi connectivity index (χ1v) is 13.4. The molecule has 5 rings (SSSR count). The zero-order chi connectivity index (χ0) is 31.9. The van der Waals surface area contributed by atoms with Crippen LogP contribution in [0.5, 0.6) is 23.0 Å². The van der Waals surface area contributed by atoms with E-state index in [4.69, 9.17) is 28.1 Å². The van der Waals surface area contributed by atoms with Gasteiger partial charge in [-0.1, -0.05) is 0 Å². The van der Waals surface area contributed by atoms with Crippen LogP contribution in [0.1, 0.15) is 0 Å². The third kappa shape index (κ3) is 5.92. The van der Waals surface area contributed by atoms with Crippen LogP contribution in [0.2, 0.25) is 0 Å². The van der Waals surface area contributed by atoms with Crippen molar-refractivity contribution in [1.29, 1.82) is 0 Å².